The molecule has 8 heteroatoms. The molecule has 2 aromatic rings. The Morgan fingerprint density at radius 2 is 1.70 bits per heavy atom. The molecule has 1 heterocycles. The number of para-hydroxylation sites is 2. The quantitative estimate of drug-likeness (QED) is 0.507. The number of hydrogen-bond acceptors (Lipinski definition) is 5. The van der Waals surface area contributed by atoms with Crippen molar-refractivity contribution < 1.29 is 22.7 Å². The monoisotopic (exact) mass is 453 g/mol. The third kappa shape index (κ3) is 4.34. The Kier molecular flexibility index (Phi) is 6.18. The highest BCUT2D eigenvalue weighted by Crippen LogP contribution is 2.30. The lowest BCUT2D eigenvalue weighted by Crippen LogP contribution is -2.35. The second-order valence-corrected chi connectivity index (χ2v) is 8.91. The SMILES string of the molecule is COc1ccccc1OC(=O)c1ccc(Br)c(S(=O)(=O)N2CCCCC2)c1. The van der Waals surface area contributed by atoms with Crippen LogP contribution in [0.2, 0.25) is 0 Å². The first kappa shape index (κ1) is 19.9. The van der Waals surface area contributed by atoms with Crippen LogP contribution in [0.3, 0.4) is 0 Å². The number of rotatable bonds is 5. The Labute approximate surface area is 167 Å². The van der Waals surface area contributed by atoms with Crippen LogP contribution < -0.4 is 9.47 Å². The van der Waals surface area contributed by atoms with Crippen molar-refractivity contribution in [3.8, 4) is 11.5 Å². The Hall–Kier alpha value is -1.90. The van der Waals surface area contributed by atoms with Gasteiger partial charge in [0.05, 0.1) is 17.6 Å². The Morgan fingerprint density at radius 3 is 2.37 bits per heavy atom. The molecule has 1 aliphatic heterocycles. The minimum Gasteiger partial charge on any atom is -0.493 e. The van der Waals surface area contributed by atoms with Crippen molar-refractivity contribution in [1.82, 2.24) is 4.31 Å². The van der Waals surface area contributed by atoms with Crippen molar-refractivity contribution >= 4 is 31.9 Å². The summed E-state index contributed by atoms with van der Waals surface area (Å²) >= 11 is 3.29. The normalized spacial score (nSPS) is 15.3. The number of hydrogen-bond donors (Lipinski definition) is 0. The molecule has 0 radical (unpaired) electrons. The summed E-state index contributed by atoms with van der Waals surface area (Å²) in [6, 6.07) is 11.2. The van der Waals surface area contributed by atoms with Crippen LogP contribution in [0.25, 0.3) is 0 Å². The number of esters is 1. The molecule has 1 saturated heterocycles. The maximum atomic E-state index is 13.0. The molecule has 1 fully saturated rings. The minimum absolute atomic E-state index is 0.0684. The van der Waals surface area contributed by atoms with Gasteiger partial charge in [0.15, 0.2) is 11.5 Å². The largest absolute Gasteiger partial charge is 0.493 e. The molecule has 144 valence electrons. The van der Waals surface area contributed by atoms with Gasteiger partial charge in [0.25, 0.3) is 0 Å². The van der Waals surface area contributed by atoms with E-state index >= 15 is 0 Å². The standard InChI is InChI=1S/C19H20BrNO5S/c1-25-16-7-3-4-8-17(16)26-19(22)14-9-10-15(20)18(13-14)27(23,24)21-11-5-2-6-12-21/h3-4,7-10,13H,2,5-6,11-12H2,1H3. The van der Waals surface area contributed by atoms with E-state index in [1.165, 1.54) is 23.5 Å². The lowest BCUT2D eigenvalue weighted by Gasteiger charge is -2.26. The lowest BCUT2D eigenvalue weighted by atomic mass is 10.2. The molecule has 0 saturated carbocycles. The van der Waals surface area contributed by atoms with Crippen LogP contribution in [0.4, 0.5) is 0 Å². The summed E-state index contributed by atoms with van der Waals surface area (Å²) < 4.78 is 38.4. The van der Waals surface area contributed by atoms with E-state index in [0.717, 1.165) is 19.3 Å². The van der Waals surface area contributed by atoms with Crippen LogP contribution in [0.5, 0.6) is 11.5 Å². The summed E-state index contributed by atoms with van der Waals surface area (Å²) in [5.41, 5.74) is 0.152. The van der Waals surface area contributed by atoms with Crippen molar-refractivity contribution in [2.75, 3.05) is 20.2 Å². The van der Waals surface area contributed by atoms with Crippen molar-refractivity contribution in [1.29, 1.82) is 0 Å². The van der Waals surface area contributed by atoms with E-state index in [9.17, 15) is 13.2 Å². The van der Waals surface area contributed by atoms with E-state index in [2.05, 4.69) is 15.9 Å². The molecule has 3 rings (SSSR count). The van der Waals surface area contributed by atoms with E-state index in [1.54, 1.807) is 30.3 Å². The number of nitrogens with zero attached hydrogens (tertiary/aromatic N) is 1. The van der Waals surface area contributed by atoms with E-state index in [1.807, 2.05) is 0 Å². The fourth-order valence-electron chi connectivity index (χ4n) is 2.93. The van der Waals surface area contributed by atoms with Crippen LogP contribution in [0.1, 0.15) is 29.6 Å². The molecule has 0 aromatic heterocycles. The van der Waals surface area contributed by atoms with Crippen LogP contribution in [0, 0.1) is 0 Å². The van der Waals surface area contributed by atoms with Gasteiger partial charge in [0.2, 0.25) is 10.0 Å². The number of methoxy groups -OCH3 is 1. The zero-order valence-corrected chi connectivity index (χ0v) is 17.3. The second kappa shape index (κ2) is 8.41. The van der Waals surface area contributed by atoms with Crippen LogP contribution in [0.15, 0.2) is 51.8 Å². The fourth-order valence-corrected chi connectivity index (χ4v) is 5.40. The number of carbonyl (C=O) groups is 1. The fraction of sp³-hybridized carbons (Fsp3) is 0.316. The average molecular weight is 454 g/mol. The second-order valence-electron chi connectivity index (χ2n) is 6.15. The molecule has 2 aromatic carbocycles. The van der Waals surface area contributed by atoms with Crippen LogP contribution >= 0.6 is 15.9 Å². The summed E-state index contributed by atoms with van der Waals surface area (Å²) in [5.74, 6) is 0.0413. The molecule has 0 N–H and O–H groups in total. The zero-order valence-electron chi connectivity index (χ0n) is 14.9. The van der Waals surface area contributed by atoms with Gasteiger partial charge in [-0.1, -0.05) is 18.6 Å². The molecular formula is C19H20BrNO5S. The number of sulfonamides is 1. The predicted octanol–water partition coefficient (Wildman–Crippen LogP) is 3.85. The number of ether oxygens (including phenoxy) is 2. The van der Waals surface area contributed by atoms with Gasteiger partial charge in [0.1, 0.15) is 0 Å². The van der Waals surface area contributed by atoms with Gasteiger partial charge in [0, 0.05) is 17.6 Å². The molecule has 27 heavy (non-hydrogen) atoms. The molecule has 6 nitrogen and oxygen atoms in total. The zero-order chi connectivity index (χ0) is 19.4. The van der Waals surface area contributed by atoms with Gasteiger partial charge in [-0.15, -0.1) is 0 Å². The maximum absolute atomic E-state index is 13.0. The summed E-state index contributed by atoms with van der Waals surface area (Å²) in [7, 11) is -2.20. The van der Waals surface area contributed by atoms with Gasteiger partial charge in [-0.3, -0.25) is 0 Å². The van der Waals surface area contributed by atoms with Crippen LogP contribution in [-0.4, -0.2) is 38.9 Å². The first-order chi connectivity index (χ1) is 12.9. The molecule has 1 aliphatic rings. The van der Waals surface area contributed by atoms with Crippen molar-refractivity contribution in [3.05, 3.63) is 52.5 Å². The Bertz CT molecular complexity index is 939. The summed E-state index contributed by atoms with van der Waals surface area (Å²) in [6.07, 6.45) is 2.71. The van der Waals surface area contributed by atoms with Gasteiger partial charge in [-0.25, -0.2) is 13.2 Å². The number of halogens is 1. The van der Waals surface area contributed by atoms with Gasteiger partial charge in [-0.05, 0) is 59.1 Å². The molecule has 0 spiro atoms. The highest BCUT2D eigenvalue weighted by Gasteiger charge is 2.29. The molecule has 0 bridgehead atoms. The number of piperidine rings is 1. The Balaban J connectivity index is 1.89. The Morgan fingerprint density at radius 1 is 1.04 bits per heavy atom. The van der Waals surface area contributed by atoms with Gasteiger partial charge < -0.3 is 9.47 Å². The predicted molar refractivity (Wildman–Crippen MR) is 105 cm³/mol. The highest BCUT2D eigenvalue weighted by molar-refractivity contribution is 9.10. The topological polar surface area (TPSA) is 72.9 Å². The molecule has 0 aliphatic carbocycles. The van der Waals surface area contributed by atoms with Crippen molar-refractivity contribution in [3.63, 3.8) is 0 Å². The summed E-state index contributed by atoms with van der Waals surface area (Å²) in [5, 5.41) is 0. The van der Waals surface area contributed by atoms with Crippen molar-refractivity contribution in [2.24, 2.45) is 0 Å². The average Bonchev–Trinajstić information content (AvgIpc) is 2.69. The van der Waals surface area contributed by atoms with E-state index in [4.69, 9.17) is 9.47 Å². The van der Waals surface area contributed by atoms with Crippen LogP contribution in [-0.2, 0) is 10.0 Å². The number of benzene rings is 2. The van der Waals surface area contributed by atoms with Crippen molar-refractivity contribution in [2.45, 2.75) is 24.2 Å². The smallest absolute Gasteiger partial charge is 0.343 e. The third-order valence-electron chi connectivity index (χ3n) is 4.37. The van der Waals surface area contributed by atoms with E-state index in [0.29, 0.717) is 23.3 Å². The highest BCUT2D eigenvalue weighted by atomic mass is 79.9. The summed E-state index contributed by atoms with van der Waals surface area (Å²) in [4.78, 5) is 12.6. The third-order valence-corrected chi connectivity index (χ3v) is 7.26. The summed E-state index contributed by atoms with van der Waals surface area (Å²) in [6.45, 7) is 0.981. The molecular weight excluding hydrogens is 434 g/mol. The number of carbonyl (C=O) groups excluding carboxylic acids is 1. The van der Waals surface area contributed by atoms with Gasteiger partial charge in [-0.2, -0.15) is 4.31 Å². The molecule has 0 amide bonds. The van der Waals surface area contributed by atoms with E-state index < -0.39 is 16.0 Å². The van der Waals surface area contributed by atoms with E-state index in [-0.39, 0.29) is 16.2 Å². The van der Waals surface area contributed by atoms with Gasteiger partial charge >= 0.3 is 5.97 Å². The maximum Gasteiger partial charge on any atom is 0.343 e. The first-order valence-corrected chi connectivity index (χ1v) is 10.8. The first-order valence-electron chi connectivity index (χ1n) is 8.58. The minimum atomic E-state index is -3.68. The molecule has 0 unspecified atom stereocenters. The molecule has 0 atom stereocenters. The lowest BCUT2D eigenvalue weighted by molar-refractivity contribution is 0.0729.